The fourth-order valence-corrected chi connectivity index (χ4v) is 2.73. The van der Waals surface area contributed by atoms with Gasteiger partial charge in [0.05, 0.1) is 22.7 Å². The molecule has 1 amide bonds. The smallest absolute Gasteiger partial charge is 0.251 e. The monoisotopic (exact) mass is 500 g/mol. The van der Waals surface area contributed by atoms with Crippen LogP contribution < -0.4 is 10.6 Å². The summed E-state index contributed by atoms with van der Waals surface area (Å²) in [5, 5.41) is 16.4. The van der Waals surface area contributed by atoms with Gasteiger partial charge < -0.3 is 20.6 Å². The van der Waals surface area contributed by atoms with Crippen molar-refractivity contribution in [3.63, 3.8) is 0 Å². The molecule has 1 aliphatic rings. The van der Waals surface area contributed by atoms with E-state index in [9.17, 15) is 9.90 Å². The molecular formula is C16H23Cl2IN4O2. The van der Waals surface area contributed by atoms with Crippen LogP contribution in [0.5, 0.6) is 0 Å². The number of halogens is 3. The van der Waals surface area contributed by atoms with E-state index in [-0.39, 0.29) is 36.0 Å². The molecule has 25 heavy (non-hydrogen) atoms. The number of carbonyl (C=O) groups excluding carboxylic acids is 1. The molecule has 1 fully saturated rings. The van der Waals surface area contributed by atoms with Gasteiger partial charge in [0.15, 0.2) is 5.96 Å². The maximum Gasteiger partial charge on any atom is 0.251 e. The summed E-state index contributed by atoms with van der Waals surface area (Å²) < 4.78 is 0. The molecular weight excluding hydrogens is 478 g/mol. The van der Waals surface area contributed by atoms with E-state index in [1.54, 1.807) is 12.1 Å². The molecule has 1 aromatic carbocycles. The normalized spacial score (nSPS) is 17.2. The molecule has 3 N–H and O–H groups in total. The molecule has 0 radical (unpaired) electrons. The van der Waals surface area contributed by atoms with Crippen molar-refractivity contribution in [2.24, 2.45) is 4.99 Å². The van der Waals surface area contributed by atoms with Crippen molar-refractivity contribution in [2.45, 2.75) is 19.4 Å². The van der Waals surface area contributed by atoms with Crippen molar-refractivity contribution in [1.82, 2.24) is 15.5 Å². The van der Waals surface area contributed by atoms with Gasteiger partial charge in [0.1, 0.15) is 0 Å². The zero-order chi connectivity index (χ0) is 17.5. The number of likely N-dealkylation sites (tertiary alicyclic amines) is 1. The number of nitrogens with one attached hydrogen (secondary N) is 2. The lowest BCUT2D eigenvalue weighted by Crippen LogP contribution is -2.41. The summed E-state index contributed by atoms with van der Waals surface area (Å²) in [6, 6.07) is 4.76. The summed E-state index contributed by atoms with van der Waals surface area (Å²) in [5.41, 5.74) is 0.461. The number of benzene rings is 1. The maximum atomic E-state index is 12.1. The molecule has 1 aromatic rings. The van der Waals surface area contributed by atoms with E-state index in [0.29, 0.717) is 35.2 Å². The van der Waals surface area contributed by atoms with Crippen LogP contribution in [0, 0.1) is 0 Å². The lowest BCUT2D eigenvalue weighted by Gasteiger charge is -2.20. The van der Waals surface area contributed by atoms with Gasteiger partial charge in [-0.1, -0.05) is 23.2 Å². The summed E-state index contributed by atoms with van der Waals surface area (Å²) in [6.45, 7) is 4.96. The number of aliphatic hydroxyl groups is 1. The standard InChI is InChI=1S/C16H22Cl2N4O2.HI/c1-2-19-16(22-8-5-12(23)10-22)21-7-6-20-15(24)11-3-4-13(17)14(18)9-11;/h3-4,9,12,23H,2,5-8,10H2,1H3,(H,19,21)(H,20,24);1H/t12-;/m1./s1. The quantitative estimate of drug-likeness (QED) is 0.251. The Morgan fingerprint density at radius 1 is 1.36 bits per heavy atom. The molecule has 0 spiro atoms. The van der Waals surface area contributed by atoms with Gasteiger partial charge in [-0.05, 0) is 31.5 Å². The van der Waals surface area contributed by atoms with Crippen LogP contribution in [0.3, 0.4) is 0 Å². The summed E-state index contributed by atoms with van der Waals surface area (Å²) in [5.74, 6) is 0.545. The van der Waals surface area contributed by atoms with Crippen LogP contribution in [-0.4, -0.2) is 60.7 Å². The summed E-state index contributed by atoms with van der Waals surface area (Å²) >= 11 is 11.8. The third-order valence-electron chi connectivity index (χ3n) is 3.64. The van der Waals surface area contributed by atoms with Crippen LogP contribution in [0.15, 0.2) is 23.2 Å². The molecule has 0 aromatic heterocycles. The molecule has 1 atom stereocenters. The van der Waals surface area contributed by atoms with E-state index >= 15 is 0 Å². The van der Waals surface area contributed by atoms with Crippen LogP contribution in [0.25, 0.3) is 0 Å². The van der Waals surface area contributed by atoms with Gasteiger partial charge in [-0.25, -0.2) is 0 Å². The Morgan fingerprint density at radius 3 is 2.72 bits per heavy atom. The molecule has 2 rings (SSSR count). The summed E-state index contributed by atoms with van der Waals surface area (Å²) in [7, 11) is 0. The van der Waals surface area contributed by atoms with Gasteiger partial charge in [0.25, 0.3) is 5.91 Å². The first-order chi connectivity index (χ1) is 11.5. The molecule has 0 unspecified atom stereocenters. The molecule has 0 bridgehead atoms. The minimum atomic E-state index is -0.303. The highest BCUT2D eigenvalue weighted by molar-refractivity contribution is 14.0. The van der Waals surface area contributed by atoms with E-state index < -0.39 is 0 Å². The van der Waals surface area contributed by atoms with E-state index in [2.05, 4.69) is 15.6 Å². The highest BCUT2D eigenvalue weighted by Crippen LogP contribution is 2.22. The number of nitrogens with zero attached hydrogens (tertiary/aromatic N) is 2. The number of aliphatic imine (C=N–C) groups is 1. The molecule has 6 nitrogen and oxygen atoms in total. The number of rotatable bonds is 5. The molecule has 1 saturated heterocycles. The highest BCUT2D eigenvalue weighted by Gasteiger charge is 2.22. The molecule has 140 valence electrons. The Labute approximate surface area is 175 Å². The maximum absolute atomic E-state index is 12.1. The average Bonchev–Trinajstić information content (AvgIpc) is 2.99. The first kappa shape index (κ1) is 22.3. The van der Waals surface area contributed by atoms with Crippen molar-refractivity contribution in [1.29, 1.82) is 0 Å². The Morgan fingerprint density at radius 2 is 2.12 bits per heavy atom. The predicted molar refractivity (Wildman–Crippen MR) is 112 cm³/mol. The zero-order valence-electron chi connectivity index (χ0n) is 14.0. The Hall–Kier alpha value is -0.770. The van der Waals surface area contributed by atoms with Crippen molar-refractivity contribution < 1.29 is 9.90 Å². The number of β-amino-alcohol motifs (C(OH)–C–C–N with tert-alkyl or cyclic N) is 1. The number of guanidine groups is 1. The second-order valence-electron chi connectivity index (χ2n) is 5.51. The minimum Gasteiger partial charge on any atom is -0.391 e. The van der Waals surface area contributed by atoms with Crippen molar-refractivity contribution in [2.75, 3.05) is 32.7 Å². The van der Waals surface area contributed by atoms with Crippen molar-refractivity contribution in [3.05, 3.63) is 33.8 Å². The van der Waals surface area contributed by atoms with E-state index in [1.807, 2.05) is 11.8 Å². The lowest BCUT2D eigenvalue weighted by molar-refractivity contribution is 0.0955. The van der Waals surface area contributed by atoms with E-state index in [1.165, 1.54) is 6.07 Å². The Bertz CT molecular complexity index is 616. The second kappa shape index (κ2) is 11.1. The fraction of sp³-hybridized carbons (Fsp3) is 0.500. The Kier molecular flexibility index (Phi) is 9.84. The fourth-order valence-electron chi connectivity index (χ4n) is 2.43. The predicted octanol–water partition coefficient (Wildman–Crippen LogP) is 2.37. The van der Waals surface area contributed by atoms with E-state index in [0.717, 1.165) is 25.5 Å². The van der Waals surface area contributed by atoms with E-state index in [4.69, 9.17) is 23.2 Å². The first-order valence-corrected chi connectivity index (χ1v) is 8.71. The number of hydrogen-bond acceptors (Lipinski definition) is 3. The lowest BCUT2D eigenvalue weighted by atomic mass is 10.2. The summed E-state index contributed by atoms with van der Waals surface area (Å²) in [6.07, 6.45) is 0.446. The van der Waals surface area contributed by atoms with Crippen LogP contribution in [0.1, 0.15) is 23.7 Å². The highest BCUT2D eigenvalue weighted by atomic mass is 127. The second-order valence-corrected chi connectivity index (χ2v) is 6.32. The molecule has 1 aliphatic heterocycles. The largest absolute Gasteiger partial charge is 0.391 e. The third-order valence-corrected chi connectivity index (χ3v) is 4.38. The van der Waals surface area contributed by atoms with Gasteiger partial charge in [-0.2, -0.15) is 0 Å². The summed E-state index contributed by atoms with van der Waals surface area (Å²) in [4.78, 5) is 18.6. The molecule has 1 heterocycles. The molecule has 9 heteroatoms. The van der Waals surface area contributed by atoms with Gasteiger partial charge in [0, 0.05) is 31.7 Å². The van der Waals surface area contributed by atoms with Crippen LogP contribution in [-0.2, 0) is 0 Å². The average molecular weight is 501 g/mol. The number of amides is 1. The number of aliphatic hydroxyl groups excluding tert-OH is 1. The third kappa shape index (κ3) is 6.80. The molecule has 0 saturated carbocycles. The van der Waals surface area contributed by atoms with Crippen LogP contribution >= 0.6 is 47.2 Å². The SMILES string of the molecule is CCNC(=NCCNC(=O)c1ccc(Cl)c(Cl)c1)N1CC[C@@H](O)C1.I. The number of carbonyl (C=O) groups is 1. The van der Waals surface area contributed by atoms with Crippen LogP contribution in [0.2, 0.25) is 10.0 Å². The Balaban J connectivity index is 0.00000312. The van der Waals surface area contributed by atoms with Gasteiger partial charge >= 0.3 is 0 Å². The topological polar surface area (TPSA) is 77.0 Å². The van der Waals surface area contributed by atoms with Gasteiger partial charge in [0.2, 0.25) is 0 Å². The first-order valence-electron chi connectivity index (χ1n) is 7.95. The molecule has 0 aliphatic carbocycles. The van der Waals surface area contributed by atoms with Gasteiger partial charge in [-0.15, -0.1) is 24.0 Å². The minimum absolute atomic E-state index is 0. The van der Waals surface area contributed by atoms with Crippen molar-refractivity contribution >= 4 is 59.0 Å². The zero-order valence-corrected chi connectivity index (χ0v) is 17.8. The van der Waals surface area contributed by atoms with Gasteiger partial charge in [-0.3, -0.25) is 9.79 Å². The van der Waals surface area contributed by atoms with Crippen molar-refractivity contribution in [3.8, 4) is 0 Å². The van der Waals surface area contributed by atoms with Crippen LogP contribution in [0.4, 0.5) is 0 Å². The number of hydrogen-bond donors (Lipinski definition) is 3.